The molecule has 0 unspecified atom stereocenters. The summed E-state index contributed by atoms with van der Waals surface area (Å²) in [4.78, 5) is 12.7. The maximum atomic E-state index is 13.4. The predicted octanol–water partition coefficient (Wildman–Crippen LogP) is 4.51. The molecule has 0 aliphatic rings. The second kappa shape index (κ2) is 10.0. The minimum atomic E-state index is -3.75. The SMILES string of the molecule is COc1cc(C)n(CCNS(=O)(=O)c2c(C(C)C)cc(C(C)C)cc2C(C)C)c(=O)c1. The van der Waals surface area contributed by atoms with Gasteiger partial charge >= 0.3 is 0 Å². The molecule has 0 saturated heterocycles. The molecule has 0 aliphatic heterocycles. The fourth-order valence-electron chi connectivity index (χ4n) is 3.67. The first kappa shape index (κ1) is 25.1. The Morgan fingerprint density at radius 1 is 0.935 bits per heavy atom. The molecule has 0 radical (unpaired) electrons. The highest BCUT2D eigenvalue weighted by molar-refractivity contribution is 7.89. The Hall–Kier alpha value is -2.12. The maximum Gasteiger partial charge on any atom is 0.254 e. The van der Waals surface area contributed by atoms with Crippen molar-refractivity contribution in [2.75, 3.05) is 13.7 Å². The molecule has 172 valence electrons. The summed E-state index contributed by atoms with van der Waals surface area (Å²) >= 11 is 0. The topological polar surface area (TPSA) is 77.4 Å². The van der Waals surface area contributed by atoms with Crippen LogP contribution in [0.15, 0.2) is 34.0 Å². The van der Waals surface area contributed by atoms with Gasteiger partial charge in [-0.2, -0.15) is 0 Å². The zero-order valence-electron chi connectivity index (χ0n) is 19.9. The van der Waals surface area contributed by atoms with E-state index in [4.69, 9.17) is 4.74 Å². The highest BCUT2D eigenvalue weighted by Crippen LogP contribution is 2.34. The summed E-state index contributed by atoms with van der Waals surface area (Å²) in [6.45, 7) is 14.5. The summed E-state index contributed by atoms with van der Waals surface area (Å²) in [6.07, 6.45) is 0. The Labute approximate surface area is 186 Å². The fraction of sp³-hybridized carbons (Fsp3) is 0.542. The lowest BCUT2D eigenvalue weighted by Crippen LogP contribution is -2.33. The highest BCUT2D eigenvalue weighted by Gasteiger charge is 2.26. The molecular weight excluding hydrogens is 412 g/mol. The normalized spacial score (nSPS) is 12.2. The number of benzene rings is 1. The third-order valence-corrected chi connectivity index (χ3v) is 7.11. The van der Waals surface area contributed by atoms with Gasteiger partial charge in [-0.25, -0.2) is 13.1 Å². The minimum Gasteiger partial charge on any atom is -0.496 e. The lowest BCUT2D eigenvalue weighted by atomic mass is 9.89. The van der Waals surface area contributed by atoms with E-state index < -0.39 is 10.0 Å². The maximum absolute atomic E-state index is 13.4. The first-order chi connectivity index (χ1) is 14.4. The number of ether oxygens (including phenoxy) is 1. The molecule has 0 amide bonds. The number of hydrogen-bond donors (Lipinski definition) is 1. The molecule has 0 fully saturated rings. The van der Waals surface area contributed by atoms with Gasteiger partial charge in [-0.3, -0.25) is 4.79 Å². The van der Waals surface area contributed by atoms with Crippen molar-refractivity contribution in [3.8, 4) is 5.75 Å². The lowest BCUT2D eigenvalue weighted by molar-refractivity contribution is 0.411. The summed E-state index contributed by atoms with van der Waals surface area (Å²) < 4.78 is 36.2. The van der Waals surface area contributed by atoms with Crippen LogP contribution in [0.25, 0.3) is 0 Å². The number of aryl methyl sites for hydroxylation is 1. The van der Waals surface area contributed by atoms with E-state index in [9.17, 15) is 13.2 Å². The number of hydrogen-bond acceptors (Lipinski definition) is 4. The van der Waals surface area contributed by atoms with Crippen LogP contribution in [0.1, 0.15) is 81.7 Å². The van der Waals surface area contributed by atoms with Crippen molar-refractivity contribution in [2.24, 2.45) is 0 Å². The average Bonchev–Trinajstić information content (AvgIpc) is 2.68. The van der Waals surface area contributed by atoms with E-state index in [1.807, 2.05) is 39.8 Å². The quantitative estimate of drug-likeness (QED) is 0.612. The largest absolute Gasteiger partial charge is 0.496 e. The second-order valence-electron chi connectivity index (χ2n) is 8.92. The van der Waals surface area contributed by atoms with Crippen LogP contribution in [0, 0.1) is 6.92 Å². The fourth-order valence-corrected chi connectivity index (χ4v) is 5.38. The molecule has 0 aliphatic carbocycles. The zero-order chi connectivity index (χ0) is 23.5. The molecule has 1 aromatic heterocycles. The van der Waals surface area contributed by atoms with Crippen molar-refractivity contribution < 1.29 is 13.2 Å². The van der Waals surface area contributed by atoms with Crippen LogP contribution in [0.5, 0.6) is 5.75 Å². The van der Waals surface area contributed by atoms with Crippen LogP contribution in [0.2, 0.25) is 0 Å². The summed E-state index contributed by atoms with van der Waals surface area (Å²) in [5, 5.41) is 0. The summed E-state index contributed by atoms with van der Waals surface area (Å²) in [6, 6.07) is 7.20. The lowest BCUT2D eigenvalue weighted by Gasteiger charge is -2.23. The predicted molar refractivity (Wildman–Crippen MR) is 126 cm³/mol. The van der Waals surface area contributed by atoms with E-state index in [0.717, 1.165) is 22.4 Å². The standard InChI is InChI=1S/C24H36N2O4S/c1-15(2)19-12-21(16(3)4)24(22(13-19)17(5)6)31(28,29)25-9-10-26-18(7)11-20(30-8)14-23(26)27/h11-17,25H,9-10H2,1-8H3. The molecule has 7 heteroatoms. The number of pyridine rings is 1. The molecular formula is C24H36N2O4S. The highest BCUT2D eigenvalue weighted by atomic mass is 32.2. The number of sulfonamides is 1. The van der Waals surface area contributed by atoms with E-state index in [2.05, 4.69) is 18.6 Å². The molecule has 0 atom stereocenters. The molecule has 0 bridgehead atoms. The van der Waals surface area contributed by atoms with Gasteiger partial charge in [-0.15, -0.1) is 0 Å². The van der Waals surface area contributed by atoms with E-state index in [0.29, 0.717) is 16.6 Å². The van der Waals surface area contributed by atoms with Gasteiger partial charge in [0.1, 0.15) is 5.75 Å². The van der Waals surface area contributed by atoms with Crippen LogP contribution in [0.3, 0.4) is 0 Å². The van der Waals surface area contributed by atoms with Crippen LogP contribution in [0.4, 0.5) is 0 Å². The van der Waals surface area contributed by atoms with Crippen LogP contribution >= 0.6 is 0 Å². The van der Waals surface area contributed by atoms with Gasteiger partial charge in [0.15, 0.2) is 0 Å². The Kier molecular flexibility index (Phi) is 8.11. The molecule has 2 rings (SSSR count). The van der Waals surface area contributed by atoms with Crippen molar-refractivity contribution >= 4 is 10.0 Å². The van der Waals surface area contributed by atoms with Crippen molar-refractivity contribution in [3.63, 3.8) is 0 Å². The number of nitrogens with zero attached hydrogens (tertiary/aromatic N) is 1. The first-order valence-corrected chi connectivity index (χ1v) is 12.3. The van der Waals surface area contributed by atoms with Gasteiger partial charge in [0.25, 0.3) is 5.56 Å². The molecule has 1 N–H and O–H groups in total. The Balaban J connectivity index is 2.41. The van der Waals surface area contributed by atoms with Crippen LogP contribution < -0.4 is 15.0 Å². The van der Waals surface area contributed by atoms with E-state index >= 15 is 0 Å². The molecule has 0 saturated carbocycles. The monoisotopic (exact) mass is 448 g/mol. The van der Waals surface area contributed by atoms with Gasteiger partial charge in [-0.1, -0.05) is 53.7 Å². The zero-order valence-corrected chi connectivity index (χ0v) is 20.8. The summed E-state index contributed by atoms with van der Waals surface area (Å²) in [5.74, 6) is 0.931. The van der Waals surface area contributed by atoms with Crippen LogP contribution in [-0.2, 0) is 16.6 Å². The average molecular weight is 449 g/mol. The first-order valence-electron chi connectivity index (χ1n) is 10.8. The second-order valence-corrected chi connectivity index (χ2v) is 10.6. The van der Waals surface area contributed by atoms with Crippen LogP contribution in [-0.4, -0.2) is 26.6 Å². The van der Waals surface area contributed by atoms with Crippen molar-refractivity contribution in [2.45, 2.75) is 77.7 Å². The number of methoxy groups -OCH3 is 1. The van der Waals surface area contributed by atoms with Gasteiger partial charge < -0.3 is 9.30 Å². The molecule has 31 heavy (non-hydrogen) atoms. The van der Waals surface area contributed by atoms with E-state index in [-0.39, 0.29) is 30.5 Å². The van der Waals surface area contributed by atoms with Gasteiger partial charge in [0.2, 0.25) is 10.0 Å². The van der Waals surface area contributed by atoms with Crippen molar-refractivity contribution in [3.05, 3.63) is 57.0 Å². The smallest absolute Gasteiger partial charge is 0.254 e. The Morgan fingerprint density at radius 2 is 1.48 bits per heavy atom. The Morgan fingerprint density at radius 3 is 1.90 bits per heavy atom. The van der Waals surface area contributed by atoms with E-state index in [1.165, 1.54) is 13.2 Å². The number of nitrogens with one attached hydrogen (secondary N) is 1. The van der Waals surface area contributed by atoms with E-state index in [1.54, 1.807) is 17.6 Å². The number of aromatic nitrogens is 1. The molecule has 1 aromatic carbocycles. The van der Waals surface area contributed by atoms with Crippen molar-refractivity contribution in [1.82, 2.24) is 9.29 Å². The summed E-state index contributed by atoms with van der Waals surface area (Å²) in [5.41, 5.74) is 3.31. The van der Waals surface area contributed by atoms with Gasteiger partial charge in [0.05, 0.1) is 12.0 Å². The Bertz CT molecular complexity index is 1050. The molecule has 0 spiro atoms. The number of rotatable bonds is 9. The molecule has 6 nitrogen and oxygen atoms in total. The summed E-state index contributed by atoms with van der Waals surface area (Å²) in [7, 11) is -2.24. The third-order valence-electron chi connectivity index (χ3n) is 5.52. The molecule has 2 aromatic rings. The van der Waals surface area contributed by atoms with Gasteiger partial charge in [-0.05, 0) is 47.4 Å². The van der Waals surface area contributed by atoms with Gasteiger partial charge in [0, 0.05) is 24.8 Å². The van der Waals surface area contributed by atoms with Crippen molar-refractivity contribution in [1.29, 1.82) is 0 Å². The third kappa shape index (κ3) is 5.77. The molecule has 1 heterocycles. The minimum absolute atomic E-state index is 0.0641.